The molecule has 0 radical (unpaired) electrons. The van der Waals surface area contributed by atoms with Crippen LogP contribution in [0.4, 0.5) is 4.79 Å². The zero-order valence-corrected chi connectivity index (χ0v) is 11.1. The molecule has 0 aliphatic rings. The molecule has 0 aliphatic carbocycles. The topological polar surface area (TPSA) is 111 Å². The molecular formula is C10H20N3O4P. The van der Waals surface area contributed by atoms with E-state index >= 15 is 0 Å². The zero-order chi connectivity index (χ0) is 13.8. The van der Waals surface area contributed by atoms with Crippen molar-refractivity contribution in [2.24, 2.45) is 0 Å². The second kappa shape index (κ2) is 11.0. The normalized spacial score (nSPS) is 9.94. The van der Waals surface area contributed by atoms with E-state index in [2.05, 4.69) is 22.5 Å². The van der Waals surface area contributed by atoms with Crippen LogP contribution in [0, 0.1) is 0 Å². The molecule has 0 atom stereocenters. The Balaban J connectivity index is 3.32. The Morgan fingerprint density at radius 1 is 1.06 bits per heavy atom. The molecule has 0 unspecified atom stereocenters. The van der Waals surface area contributed by atoms with Gasteiger partial charge in [-0.2, -0.15) is 0 Å². The van der Waals surface area contributed by atoms with E-state index in [4.69, 9.17) is 9.79 Å². The van der Waals surface area contributed by atoms with Crippen LogP contribution in [-0.2, 0) is 4.79 Å². The summed E-state index contributed by atoms with van der Waals surface area (Å²) >= 11 is 0. The first-order valence-corrected chi connectivity index (χ1v) is 7.06. The van der Waals surface area contributed by atoms with Crippen molar-refractivity contribution in [3.63, 3.8) is 0 Å². The van der Waals surface area contributed by atoms with Crippen molar-refractivity contribution in [1.29, 1.82) is 0 Å². The summed E-state index contributed by atoms with van der Waals surface area (Å²) in [7, 11) is -1.88. The first kappa shape index (κ1) is 16.8. The number of amides is 3. The van der Waals surface area contributed by atoms with Gasteiger partial charge in [0, 0.05) is 25.8 Å². The van der Waals surface area contributed by atoms with Crippen LogP contribution < -0.4 is 16.0 Å². The summed E-state index contributed by atoms with van der Waals surface area (Å²) in [5.74, 6) is -0.232. The van der Waals surface area contributed by atoms with Crippen molar-refractivity contribution < 1.29 is 19.4 Å². The molecule has 0 rings (SSSR count). The van der Waals surface area contributed by atoms with Crippen LogP contribution in [0.25, 0.3) is 0 Å². The predicted octanol–water partition coefficient (Wildman–Crippen LogP) is -0.336. The Bertz CT molecular complexity index is 274. The fourth-order valence-electron chi connectivity index (χ4n) is 1.06. The van der Waals surface area contributed by atoms with Gasteiger partial charge in [-0.05, 0) is 18.9 Å². The highest BCUT2D eigenvalue weighted by molar-refractivity contribution is 7.45. The molecule has 7 nitrogen and oxygen atoms in total. The number of urea groups is 1. The Hall–Kier alpha value is -1.17. The third-order valence-corrected chi connectivity index (χ3v) is 2.66. The molecule has 0 bridgehead atoms. The van der Waals surface area contributed by atoms with Crippen LogP contribution in [0.5, 0.6) is 0 Å². The Morgan fingerprint density at radius 3 is 2.17 bits per heavy atom. The largest absolute Gasteiger partial charge is 0.353 e. The summed E-state index contributed by atoms with van der Waals surface area (Å²) in [6, 6.07) is -0.301. The lowest BCUT2D eigenvalue weighted by atomic mass is 10.4. The van der Waals surface area contributed by atoms with Crippen LogP contribution in [0.2, 0.25) is 0 Å². The second-order valence-corrected chi connectivity index (χ2v) is 4.67. The maximum Gasteiger partial charge on any atom is 0.314 e. The summed E-state index contributed by atoms with van der Waals surface area (Å²) < 4.78 is 0. The molecule has 104 valence electrons. The molecule has 0 spiro atoms. The van der Waals surface area contributed by atoms with E-state index in [9.17, 15) is 9.59 Å². The van der Waals surface area contributed by atoms with Gasteiger partial charge >= 0.3 is 6.03 Å². The SMILES string of the molecule is C=CC(=O)NCCCNC(=O)NCCCP(O)O. The van der Waals surface area contributed by atoms with E-state index in [1.54, 1.807) is 0 Å². The van der Waals surface area contributed by atoms with Crippen LogP contribution in [0.15, 0.2) is 12.7 Å². The number of hydrogen-bond donors (Lipinski definition) is 5. The Kier molecular flexibility index (Phi) is 10.2. The minimum absolute atomic E-state index is 0.232. The second-order valence-electron chi connectivity index (χ2n) is 3.48. The quantitative estimate of drug-likeness (QED) is 0.226. The van der Waals surface area contributed by atoms with Crippen LogP contribution >= 0.6 is 8.38 Å². The summed E-state index contributed by atoms with van der Waals surface area (Å²) in [4.78, 5) is 39.2. The predicted molar refractivity (Wildman–Crippen MR) is 70.1 cm³/mol. The Labute approximate surface area is 108 Å². The number of carbonyl (C=O) groups excluding carboxylic acids is 2. The van der Waals surface area contributed by atoms with Crippen LogP contribution in [0.1, 0.15) is 12.8 Å². The molecular weight excluding hydrogens is 257 g/mol. The van der Waals surface area contributed by atoms with Gasteiger partial charge in [-0.3, -0.25) is 4.79 Å². The van der Waals surface area contributed by atoms with Crippen LogP contribution in [0.3, 0.4) is 0 Å². The maximum absolute atomic E-state index is 11.2. The highest BCUT2D eigenvalue weighted by Crippen LogP contribution is 2.22. The molecule has 3 amide bonds. The fourth-order valence-corrected chi connectivity index (χ4v) is 1.50. The smallest absolute Gasteiger partial charge is 0.314 e. The summed E-state index contributed by atoms with van der Waals surface area (Å²) in [6.45, 7) is 4.65. The fraction of sp³-hybridized carbons (Fsp3) is 0.600. The first-order valence-electron chi connectivity index (χ1n) is 5.63. The van der Waals surface area contributed by atoms with E-state index in [1.807, 2.05) is 0 Å². The number of carbonyl (C=O) groups is 2. The van der Waals surface area contributed by atoms with Crippen molar-refractivity contribution in [2.45, 2.75) is 12.8 Å². The molecule has 0 aliphatic heterocycles. The lowest BCUT2D eigenvalue weighted by Gasteiger charge is -2.08. The summed E-state index contributed by atoms with van der Waals surface area (Å²) in [5, 5.41) is 7.79. The lowest BCUT2D eigenvalue weighted by Crippen LogP contribution is -2.37. The molecule has 5 N–H and O–H groups in total. The molecule has 0 aromatic carbocycles. The highest BCUT2D eigenvalue weighted by Gasteiger charge is 2.01. The van der Waals surface area contributed by atoms with Gasteiger partial charge in [0.15, 0.2) is 8.38 Å². The van der Waals surface area contributed by atoms with E-state index in [-0.39, 0.29) is 11.9 Å². The maximum atomic E-state index is 11.2. The van der Waals surface area contributed by atoms with Gasteiger partial charge in [-0.1, -0.05) is 6.58 Å². The van der Waals surface area contributed by atoms with Gasteiger partial charge < -0.3 is 25.7 Å². The standard InChI is InChI=1S/C10H20N3O4P/c1-2-9(14)11-5-3-6-12-10(15)13-7-4-8-18(16)17/h2,16-17H,1,3-8H2,(H,11,14)(H2,12,13,15). The van der Waals surface area contributed by atoms with Crippen LogP contribution in [-0.4, -0.2) is 47.5 Å². The van der Waals surface area contributed by atoms with Crippen molar-refractivity contribution in [3.8, 4) is 0 Å². The first-order chi connectivity index (χ1) is 8.56. The third kappa shape index (κ3) is 11.3. The van der Waals surface area contributed by atoms with Gasteiger partial charge in [-0.25, -0.2) is 4.79 Å². The average Bonchev–Trinajstić information content (AvgIpc) is 2.33. The third-order valence-electron chi connectivity index (χ3n) is 1.94. The minimum Gasteiger partial charge on any atom is -0.353 e. The highest BCUT2D eigenvalue weighted by atomic mass is 31.2. The van der Waals surface area contributed by atoms with Gasteiger partial charge in [0.25, 0.3) is 0 Å². The van der Waals surface area contributed by atoms with E-state index in [1.165, 1.54) is 6.08 Å². The molecule has 0 aromatic heterocycles. The zero-order valence-electron chi connectivity index (χ0n) is 10.2. The van der Waals surface area contributed by atoms with Gasteiger partial charge in [-0.15, -0.1) is 0 Å². The Morgan fingerprint density at radius 2 is 1.61 bits per heavy atom. The molecule has 0 fully saturated rings. The van der Waals surface area contributed by atoms with Crippen molar-refractivity contribution in [1.82, 2.24) is 16.0 Å². The number of rotatable bonds is 9. The van der Waals surface area contributed by atoms with E-state index in [0.29, 0.717) is 38.6 Å². The molecule has 0 aromatic rings. The number of hydrogen-bond acceptors (Lipinski definition) is 4. The lowest BCUT2D eigenvalue weighted by molar-refractivity contribution is -0.116. The molecule has 0 saturated heterocycles. The molecule has 8 heteroatoms. The van der Waals surface area contributed by atoms with Crippen molar-refractivity contribution in [3.05, 3.63) is 12.7 Å². The van der Waals surface area contributed by atoms with E-state index < -0.39 is 8.38 Å². The van der Waals surface area contributed by atoms with Crippen molar-refractivity contribution >= 4 is 20.3 Å². The number of nitrogens with one attached hydrogen (secondary N) is 3. The monoisotopic (exact) mass is 277 g/mol. The molecule has 0 saturated carbocycles. The van der Waals surface area contributed by atoms with Gasteiger partial charge in [0.1, 0.15) is 0 Å². The summed E-state index contributed by atoms with van der Waals surface area (Å²) in [5.41, 5.74) is 0. The van der Waals surface area contributed by atoms with E-state index in [0.717, 1.165) is 0 Å². The van der Waals surface area contributed by atoms with Gasteiger partial charge in [0.05, 0.1) is 0 Å². The van der Waals surface area contributed by atoms with Crippen molar-refractivity contribution in [2.75, 3.05) is 25.8 Å². The average molecular weight is 277 g/mol. The summed E-state index contributed by atoms with van der Waals surface area (Å²) in [6.07, 6.45) is 2.65. The molecule has 18 heavy (non-hydrogen) atoms. The molecule has 0 heterocycles. The van der Waals surface area contributed by atoms with Gasteiger partial charge in [0.2, 0.25) is 5.91 Å². The minimum atomic E-state index is -1.88.